The van der Waals surface area contributed by atoms with Crippen LogP contribution in [0, 0.1) is 5.92 Å². The predicted octanol–water partition coefficient (Wildman–Crippen LogP) is 2.58. The quantitative estimate of drug-likeness (QED) is 0.724. The highest BCUT2D eigenvalue weighted by Crippen LogP contribution is 2.27. The molecule has 2 rings (SSSR count). The Hall–Kier alpha value is -0.900. The van der Waals surface area contributed by atoms with E-state index in [2.05, 4.69) is 16.8 Å². The van der Waals surface area contributed by atoms with Crippen LogP contribution in [0.5, 0.6) is 0 Å². The first-order chi connectivity index (χ1) is 7.16. The van der Waals surface area contributed by atoms with E-state index in [0.29, 0.717) is 0 Å². The molecule has 0 aliphatic carbocycles. The second-order valence-electron chi connectivity index (χ2n) is 4.23. The van der Waals surface area contributed by atoms with Gasteiger partial charge in [0.1, 0.15) is 0 Å². The van der Waals surface area contributed by atoms with Crippen molar-refractivity contribution in [3.05, 3.63) is 11.1 Å². The lowest BCUT2D eigenvalue weighted by atomic mass is 10.00. The average Bonchev–Trinajstić information content (AvgIpc) is 2.68. The Morgan fingerprint density at radius 3 is 2.73 bits per heavy atom. The molecule has 15 heavy (non-hydrogen) atoms. The number of thiazole rings is 1. The molecule has 1 fully saturated rings. The van der Waals surface area contributed by atoms with Crippen LogP contribution < -0.4 is 4.90 Å². The standard InChI is InChI=1S/C11H16N2OS/c1-8-3-5-13(6-4-8)11-12-7-10(15-11)9(2)14/h7-8H,3-6H2,1-2H3. The molecule has 0 atom stereocenters. The van der Waals surface area contributed by atoms with Gasteiger partial charge in [-0.2, -0.15) is 0 Å². The zero-order valence-corrected chi connectivity index (χ0v) is 10.0. The maximum absolute atomic E-state index is 11.1. The van der Waals surface area contributed by atoms with Gasteiger partial charge in [-0.1, -0.05) is 18.3 Å². The van der Waals surface area contributed by atoms with Crippen molar-refractivity contribution in [3.63, 3.8) is 0 Å². The minimum atomic E-state index is 0.115. The number of hydrogen-bond acceptors (Lipinski definition) is 4. The Kier molecular flexibility index (Phi) is 3.05. The maximum Gasteiger partial charge on any atom is 0.185 e. The summed E-state index contributed by atoms with van der Waals surface area (Å²) < 4.78 is 0. The number of Topliss-reactive ketones (excluding diaryl/α,β-unsaturated/α-hetero) is 1. The Balaban J connectivity index is 2.06. The molecule has 0 spiro atoms. The fraction of sp³-hybridized carbons (Fsp3) is 0.636. The number of piperidine rings is 1. The van der Waals surface area contributed by atoms with Gasteiger partial charge in [-0.25, -0.2) is 4.98 Å². The Morgan fingerprint density at radius 1 is 1.53 bits per heavy atom. The summed E-state index contributed by atoms with van der Waals surface area (Å²) in [5.74, 6) is 0.942. The predicted molar refractivity (Wildman–Crippen MR) is 62.7 cm³/mol. The molecular formula is C11H16N2OS. The molecule has 0 N–H and O–H groups in total. The summed E-state index contributed by atoms with van der Waals surface area (Å²) in [5.41, 5.74) is 0. The molecule has 1 saturated heterocycles. The van der Waals surface area contributed by atoms with Crippen LogP contribution in [0.25, 0.3) is 0 Å². The molecule has 2 heterocycles. The first-order valence-electron chi connectivity index (χ1n) is 5.38. The van der Waals surface area contributed by atoms with E-state index in [-0.39, 0.29) is 5.78 Å². The van der Waals surface area contributed by atoms with Crippen LogP contribution in [0.4, 0.5) is 5.13 Å². The summed E-state index contributed by atoms with van der Waals surface area (Å²) in [5, 5.41) is 1.01. The normalized spacial score (nSPS) is 18.1. The zero-order valence-electron chi connectivity index (χ0n) is 9.19. The molecule has 1 aliphatic rings. The number of carbonyl (C=O) groups is 1. The van der Waals surface area contributed by atoms with E-state index in [1.54, 1.807) is 13.1 Å². The van der Waals surface area contributed by atoms with Crippen LogP contribution in [-0.2, 0) is 0 Å². The van der Waals surface area contributed by atoms with Crippen molar-refractivity contribution in [2.75, 3.05) is 18.0 Å². The SMILES string of the molecule is CC(=O)c1cnc(N2CCC(C)CC2)s1. The second kappa shape index (κ2) is 4.31. The van der Waals surface area contributed by atoms with Crippen molar-refractivity contribution in [1.82, 2.24) is 4.98 Å². The Morgan fingerprint density at radius 2 is 2.20 bits per heavy atom. The zero-order chi connectivity index (χ0) is 10.8. The Labute approximate surface area is 94.1 Å². The van der Waals surface area contributed by atoms with Gasteiger partial charge in [0, 0.05) is 20.0 Å². The summed E-state index contributed by atoms with van der Waals surface area (Å²) in [6, 6.07) is 0. The molecule has 1 aromatic rings. The van der Waals surface area contributed by atoms with Gasteiger partial charge in [0.25, 0.3) is 0 Å². The van der Waals surface area contributed by atoms with Gasteiger partial charge in [0.15, 0.2) is 10.9 Å². The fourth-order valence-electron chi connectivity index (χ4n) is 1.77. The molecule has 3 nitrogen and oxygen atoms in total. The largest absolute Gasteiger partial charge is 0.348 e. The highest BCUT2D eigenvalue weighted by molar-refractivity contribution is 7.17. The van der Waals surface area contributed by atoms with Crippen LogP contribution in [0.3, 0.4) is 0 Å². The maximum atomic E-state index is 11.1. The monoisotopic (exact) mass is 224 g/mol. The molecule has 0 amide bonds. The topological polar surface area (TPSA) is 33.2 Å². The third-order valence-electron chi connectivity index (χ3n) is 2.89. The van der Waals surface area contributed by atoms with E-state index in [4.69, 9.17) is 0 Å². The average molecular weight is 224 g/mol. The highest BCUT2D eigenvalue weighted by atomic mass is 32.1. The van der Waals surface area contributed by atoms with Gasteiger partial charge in [-0.05, 0) is 18.8 Å². The van der Waals surface area contributed by atoms with E-state index in [9.17, 15) is 4.79 Å². The molecule has 82 valence electrons. The Bertz CT molecular complexity index is 353. The first-order valence-corrected chi connectivity index (χ1v) is 6.20. The molecule has 0 saturated carbocycles. The molecular weight excluding hydrogens is 208 g/mol. The van der Waals surface area contributed by atoms with Crippen molar-refractivity contribution in [2.45, 2.75) is 26.7 Å². The minimum Gasteiger partial charge on any atom is -0.348 e. The summed E-state index contributed by atoms with van der Waals surface area (Å²) in [6.45, 7) is 6.04. The lowest BCUT2D eigenvalue weighted by Gasteiger charge is -2.29. The summed E-state index contributed by atoms with van der Waals surface area (Å²) in [6.07, 6.45) is 4.16. The van der Waals surface area contributed by atoms with Gasteiger partial charge < -0.3 is 4.90 Å². The first kappa shape index (κ1) is 10.6. The fourth-order valence-corrected chi connectivity index (χ4v) is 2.64. The number of rotatable bonds is 2. The lowest BCUT2D eigenvalue weighted by Crippen LogP contribution is -2.32. The number of nitrogens with zero attached hydrogens (tertiary/aromatic N) is 2. The van der Waals surface area contributed by atoms with Crippen molar-refractivity contribution < 1.29 is 4.79 Å². The van der Waals surface area contributed by atoms with Crippen LogP contribution >= 0.6 is 11.3 Å². The molecule has 0 unspecified atom stereocenters. The van der Waals surface area contributed by atoms with Crippen LogP contribution in [0.1, 0.15) is 36.4 Å². The van der Waals surface area contributed by atoms with Crippen LogP contribution in [-0.4, -0.2) is 23.9 Å². The van der Waals surface area contributed by atoms with Gasteiger partial charge in [0.2, 0.25) is 0 Å². The van der Waals surface area contributed by atoms with Gasteiger partial charge in [-0.15, -0.1) is 0 Å². The molecule has 4 heteroatoms. The molecule has 1 aliphatic heterocycles. The van der Waals surface area contributed by atoms with E-state index in [1.165, 1.54) is 24.2 Å². The van der Waals surface area contributed by atoms with E-state index in [0.717, 1.165) is 29.0 Å². The summed E-state index contributed by atoms with van der Waals surface area (Å²) >= 11 is 1.51. The van der Waals surface area contributed by atoms with Gasteiger partial charge in [0.05, 0.1) is 11.1 Å². The third-order valence-corrected chi connectivity index (χ3v) is 4.05. The second-order valence-corrected chi connectivity index (χ2v) is 5.24. The van der Waals surface area contributed by atoms with Crippen LogP contribution in [0.2, 0.25) is 0 Å². The number of anilines is 1. The number of ketones is 1. The molecule has 0 aromatic carbocycles. The van der Waals surface area contributed by atoms with E-state index >= 15 is 0 Å². The van der Waals surface area contributed by atoms with E-state index in [1.807, 2.05) is 0 Å². The number of carbonyl (C=O) groups excluding carboxylic acids is 1. The van der Waals surface area contributed by atoms with Crippen molar-refractivity contribution in [2.24, 2.45) is 5.92 Å². The summed E-state index contributed by atoms with van der Waals surface area (Å²) in [7, 11) is 0. The van der Waals surface area contributed by atoms with Crippen molar-refractivity contribution in [1.29, 1.82) is 0 Å². The van der Waals surface area contributed by atoms with Crippen molar-refractivity contribution in [3.8, 4) is 0 Å². The van der Waals surface area contributed by atoms with E-state index < -0.39 is 0 Å². The molecule has 1 aromatic heterocycles. The number of aromatic nitrogens is 1. The van der Waals surface area contributed by atoms with Crippen molar-refractivity contribution >= 4 is 22.3 Å². The third kappa shape index (κ3) is 2.37. The lowest BCUT2D eigenvalue weighted by molar-refractivity contribution is 0.102. The highest BCUT2D eigenvalue weighted by Gasteiger charge is 2.18. The van der Waals surface area contributed by atoms with Gasteiger partial charge >= 0.3 is 0 Å². The minimum absolute atomic E-state index is 0.115. The number of hydrogen-bond donors (Lipinski definition) is 0. The molecule has 0 bridgehead atoms. The smallest absolute Gasteiger partial charge is 0.185 e. The summed E-state index contributed by atoms with van der Waals surface area (Å²) in [4.78, 5) is 18.5. The van der Waals surface area contributed by atoms with Crippen LogP contribution in [0.15, 0.2) is 6.20 Å². The molecule has 0 radical (unpaired) electrons. The van der Waals surface area contributed by atoms with Gasteiger partial charge in [-0.3, -0.25) is 4.79 Å².